The number of benzene rings is 2. The highest BCUT2D eigenvalue weighted by molar-refractivity contribution is 7.94. The Kier molecular flexibility index (Phi) is 5.83. The second-order valence-corrected chi connectivity index (χ2v) is 9.60. The summed E-state index contributed by atoms with van der Waals surface area (Å²) in [4.78, 5) is 16.5. The normalized spacial score (nSPS) is 12.3. The van der Waals surface area contributed by atoms with Crippen molar-refractivity contribution in [2.75, 3.05) is 4.72 Å². The van der Waals surface area contributed by atoms with Crippen molar-refractivity contribution in [1.29, 1.82) is 0 Å². The summed E-state index contributed by atoms with van der Waals surface area (Å²) < 4.78 is 29.0. The molecule has 0 radical (unpaired) electrons. The van der Waals surface area contributed by atoms with Crippen LogP contribution in [0.2, 0.25) is 0 Å². The van der Waals surface area contributed by atoms with Crippen molar-refractivity contribution in [3.05, 3.63) is 89.8 Å². The minimum absolute atomic E-state index is 0.214. The molecule has 1 atom stereocenters. The standard InChI is InChI=1S/C21H19N5O3S2/c1-15(16-6-10-19(11-7-16)26-14-22-13-23-26)24-21(27)17-4-8-18(9-5-17)25-31(28,29)20-3-2-12-30-20/h2-15,25H,1H3,(H,24,27)/t15-/m0/s1. The molecule has 31 heavy (non-hydrogen) atoms. The summed E-state index contributed by atoms with van der Waals surface area (Å²) in [5.41, 5.74) is 2.64. The van der Waals surface area contributed by atoms with E-state index in [-0.39, 0.29) is 16.2 Å². The van der Waals surface area contributed by atoms with E-state index >= 15 is 0 Å². The highest BCUT2D eigenvalue weighted by Gasteiger charge is 2.16. The molecule has 8 nitrogen and oxygen atoms in total. The number of carbonyl (C=O) groups excluding carboxylic acids is 1. The Morgan fingerprint density at radius 3 is 2.42 bits per heavy atom. The van der Waals surface area contributed by atoms with E-state index < -0.39 is 10.0 Å². The van der Waals surface area contributed by atoms with Gasteiger partial charge in [-0.1, -0.05) is 18.2 Å². The van der Waals surface area contributed by atoms with Crippen LogP contribution >= 0.6 is 11.3 Å². The highest BCUT2D eigenvalue weighted by atomic mass is 32.2. The van der Waals surface area contributed by atoms with Gasteiger partial charge in [0.25, 0.3) is 15.9 Å². The van der Waals surface area contributed by atoms with Crippen molar-refractivity contribution < 1.29 is 13.2 Å². The van der Waals surface area contributed by atoms with Gasteiger partial charge in [0.05, 0.1) is 11.7 Å². The first-order valence-corrected chi connectivity index (χ1v) is 11.7. The van der Waals surface area contributed by atoms with E-state index in [0.29, 0.717) is 11.3 Å². The van der Waals surface area contributed by atoms with Crippen LogP contribution in [0.25, 0.3) is 5.69 Å². The molecule has 0 bridgehead atoms. The van der Waals surface area contributed by atoms with Crippen molar-refractivity contribution in [3.63, 3.8) is 0 Å². The Hall–Kier alpha value is -3.50. The summed E-state index contributed by atoms with van der Waals surface area (Å²) in [6, 6.07) is 17.0. The molecule has 0 aliphatic rings. The highest BCUT2D eigenvalue weighted by Crippen LogP contribution is 2.21. The molecule has 2 aromatic carbocycles. The zero-order valence-electron chi connectivity index (χ0n) is 16.5. The maximum atomic E-state index is 12.6. The molecular formula is C21H19N5O3S2. The first-order chi connectivity index (χ1) is 14.9. The van der Waals surface area contributed by atoms with Crippen LogP contribution in [0.3, 0.4) is 0 Å². The SMILES string of the molecule is C[C@H](NC(=O)c1ccc(NS(=O)(=O)c2cccs2)cc1)c1ccc(-n2cncn2)cc1. The smallest absolute Gasteiger partial charge is 0.271 e. The van der Waals surface area contributed by atoms with Crippen LogP contribution in [-0.2, 0) is 10.0 Å². The van der Waals surface area contributed by atoms with E-state index in [0.717, 1.165) is 22.6 Å². The van der Waals surface area contributed by atoms with Gasteiger partial charge >= 0.3 is 0 Å². The van der Waals surface area contributed by atoms with E-state index in [4.69, 9.17) is 0 Å². The third-order valence-electron chi connectivity index (χ3n) is 4.58. The molecule has 0 aliphatic carbocycles. The predicted octanol–water partition coefficient (Wildman–Crippen LogP) is 3.62. The number of hydrogen-bond acceptors (Lipinski definition) is 6. The van der Waals surface area contributed by atoms with Gasteiger partial charge in [-0.3, -0.25) is 9.52 Å². The maximum Gasteiger partial charge on any atom is 0.271 e. The van der Waals surface area contributed by atoms with Gasteiger partial charge in [-0.05, 0) is 60.3 Å². The summed E-state index contributed by atoms with van der Waals surface area (Å²) >= 11 is 1.14. The number of carbonyl (C=O) groups is 1. The van der Waals surface area contributed by atoms with E-state index in [1.54, 1.807) is 46.7 Å². The van der Waals surface area contributed by atoms with Gasteiger partial charge in [0.1, 0.15) is 16.9 Å². The molecule has 2 heterocycles. The average Bonchev–Trinajstić information content (AvgIpc) is 3.49. The summed E-state index contributed by atoms with van der Waals surface area (Å²) in [7, 11) is -3.62. The number of aromatic nitrogens is 3. The predicted molar refractivity (Wildman–Crippen MR) is 119 cm³/mol. The number of rotatable bonds is 7. The molecule has 1 amide bonds. The van der Waals surface area contributed by atoms with Crippen molar-refractivity contribution >= 4 is 33.0 Å². The molecule has 4 aromatic rings. The second-order valence-electron chi connectivity index (χ2n) is 6.74. The lowest BCUT2D eigenvalue weighted by atomic mass is 10.1. The van der Waals surface area contributed by atoms with E-state index in [9.17, 15) is 13.2 Å². The minimum Gasteiger partial charge on any atom is -0.346 e. The lowest BCUT2D eigenvalue weighted by Crippen LogP contribution is -2.26. The minimum atomic E-state index is -3.62. The van der Waals surface area contributed by atoms with Gasteiger partial charge in [0, 0.05) is 11.3 Å². The van der Waals surface area contributed by atoms with Gasteiger partial charge in [-0.25, -0.2) is 18.1 Å². The fourth-order valence-corrected chi connectivity index (χ4v) is 4.98. The number of anilines is 1. The number of nitrogens with zero attached hydrogens (tertiary/aromatic N) is 3. The fourth-order valence-electron chi connectivity index (χ4n) is 2.93. The lowest BCUT2D eigenvalue weighted by molar-refractivity contribution is 0.0940. The molecule has 0 unspecified atom stereocenters. The molecular weight excluding hydrogens is 434 g/mol. The van der Waals surface area contributed by atoms with Crippen molar-refractivity contribution in [3.8, 4) is 5.69 Å². The molecule has 0 aliphatic heterocycles. The van der Waals surface area contributed by atoms with Crippen molar-refractivity contribution in [2.24, 2.45) is 0 Å². The molecule has 10 heteroatoms. The largest absolute Gasteiger partial charge is 0.346 e. The number of nitrogens with one attached hydrogen (secondary N) is 2. The third-order valence-corrected chi connectivity index (χ3v) is 7.36. The van der Waals surface area contributed by atoms with E-state index in [1.807, 2.05) is 31.2 Å². The quantitative estimate of drug-likeness (QED) is 0.445. The number of amides is 1. The van der Waals surface area contributed by atoms with Crippen molar-refractivity contribution in [2.45, 2.75) is 17.2 Å². The lowest BCUT2D eigenvalue weighted by Gasteiger charge is -2.15. The number of hydrogen-bond donors (Lipinski definition) is 2. The average molecular weight is 454 g/mol. The number of sulfonamides is 1. The summed E-state index contributed by atoms with van der Waals surface area (Å²) in [6.45, 7) is 1.89. The summed E-state index contributed by atoms with van der Waals surface area (Å²) in [5, 5.41) is 8.73. The molecule has 0 spiro atoms. The van der Waals surface area contributed by atoms with Gasteiger partial charge in [-0.2, -0.15) is 5.10 Å². The van der Waals surface area contributed by atoms with Crippen LogP contribution in [0.4, 0.5) is 5.69 Å². The first kappa shape index (κ1) is 20.8. The van der Waals surface area contributed by atoms with Gasteiger partial charge in [-0.15, -0.1) is 11.3 Å². The summed E-state index contributed by atoms with van der Waals surface area (Å²) in [6.07, 6.45) is 3.08. The Bertz CT molecular complexity index is 1250. The third kappa shape index (κ3) is 4.81. The topological polar surface area (TPSA) is 106 Å². The molecule has 0 fully saturated rings. The van der Waals surface area contributed by atoms with Crippen LogP contribution in [0.5, 0.6) is 0 Å². The fraction of sp³-hybridized carbons (Fsp3) is 0.0952. The van der Waals surface area contributed by atoms with Crippen LogP contribution in [0.1, 0.15) is 28.9 Å². The molecule has 0 saturated carbocycles. The Morgan fingerprint density at radius 1 is 1.06 bits per heavy atom. The van der Waals surface area contributed by atoms with Crippen LogP contribution in [0, 0.1) is 0 Å². The van der Waals surface area contributed by atoms with Crippen LogP contribution in [0.15, 0.2) is 82.9 Å². The Balaban J connectivity index is 1.39. The summed E-state index contributed by atoms with van der Waals surface area (Å²) in [5.74, 6) is -0.250. The zero-order valence-corrected chi connectivity index (χ0v) is 18.1. The van der Waals surface area contributed by atoms with Gasteiger partial charge < -0.3 is 5.32 Å². The Morgan fingerprint density at radius 2 is 1.81 bits per heavy atom. The Labute approximate surface area is 183 Å². The van der Waals surface area contributed by atoms with Gasteiger partial charge in [0.15, 0.2) is 0 Å². The molecule has 4 rings (SSSR count). The zero-order chi connectivity index (χ0) is 21.8. The molecule has 0 saturated heterocycles. The van der Waals surface area contributed by atoms with Crippen LogP contribution < -0.4 is 10.0 Å². The second kappa shape index (κ2) is 8.70. The first-order valence-electron chi connectivity index (χ1n) is 9.34. The van der Waals surface area contributed by atoms with Crippen molar-refractivity contribution in [1.82, 2.24) is 20.1 Å². The molecule has 158 valence electrons. The van der Waals surface area contributed by atoms with Gasteiger partial charge in [0.2, 0.25) is 0 Å². The van der Waals surface area contributed by atoms with Crippen LogP contribution in [-0.4, -0.2) is 29.1 Å². The molecule has 2 N–H and O–H groups in total. The van der Waals surface area contributed by atoms with E-state index in [1.165, 1.54) is 12.4 Å². The van der Waals surface area contributed by atoms with E-state index in [2.05, 4.69) is 20.1 Å². The maximum absolute atomic E-state index is 12.6. The number of thiophene rings is 1. The monoisotopic (exact) mass is 453 g/mol. The molecule has 2 aromatic heterocycles.